The van der Waals surface area contributed by atoms with E-state index in [4.69, 9.17) is 0 Å². The van der Waals surface area contributed by atoms with Crippen molar-refractivity contribution in [1.82, 2.24) is 15.2 Å². The van der Waals surface area contributed by atoms with Gasteiger partial charge in [0.1, 0.15) is 4.21 Å². The topological polar surface area (TPSA) is 108 Å². The maximum Gasteiger partial charge on any atom is 0.269 e. The van der Waals surface area contributed by atoms with Crippen LogP contribution in [0.2, 0.25) is 0 Å². The first kappa shape index (κ1) is 20.2. The van der Waals surface area contributed by atoms with Crippen LogP contribution in [0.25, 0.3) is 0 Å². The number of hydrogen-bond acceptors (Lipinski definition) is 8. The van der Waals surface area contributed by atoms with Gasteiger partial charge in [-0.15, -0.1) is 11.3 Å². The van der Waals surface area contributed by atoms with Crippen LogP contribution < -0.4 is 15.8 Å². The molecule has 2 aliphatic heterocycles. The summed E-state index contributed by atoms with van der Waals surface area (Å²) in [5.74, 6) is 0. The van der Waals surface area contributed by atoms with E-state index >= 15 is 0 Å². The second-order valence-electron chi connectivity index (χ2n) is 7.30. The molecule has 11 heteroatoms. The Morgan fingerprint density at radius 2 is 1.76 bits per heavy atom. The summed E-state index contributed by atoms with van der Waals surface area (Å²) in [7, 11) is -3.52. The standard InChI is InChI=1S/C18H23N5O4S2/c1-13-12-16(20-19-13)17-6-7-18(28-17)29(26,27)22-10-8-21(9-11-22)14-2-4-15(5-3-14)23(24)25/h2-7,13,16,19-20H,8-12H2,1H3. The van der Waals surface area contributed by atoms with Crippen molar-refractivity contribution in [3.8, 4) is 0 Å². The molecule has 2 unspecified atom stereocenters. The van der Waals surface area contributed by atoms with Crippen molar-refractivity contribution in [2.24, 2.45) is 0 Å². The summed E-state index contributed by atoms with van der Waals surface area (Å²) in [5, 5.41) is 10.8. The zero-order chi connectivity index (χ0) is 20.6. The van der Waals surface area contributed by atoms with Crippen LogP contribution in [0, 0.1) is 10.1 Å². The van der Waals surface area contributed by atoms with Gasteiger partial charge in [-0.1, -0.05) is 0 Å². The third kappa shape index (κ3) is 4.14. The minimum Gasteiger partial charge on any atom is -0.369 e. The Balaban J connectivity index is 1.41. The van der Waals surface area contributed by atoms with Crippen LogP contribution in [0.4, 0.5) is 11.4 Å². The Kier molecular flexibility index (Phi) is 5.58. The smallest absolute Gasteiger partial charge is 0.269 e. The number of non-ortho nitro benzene ring substituents is 1. The van der Waals surface area contributed by atoms with Gasteiger partial charge in [-0.3, -0.25) is 15.5 Å². The quantitative estimate of drug-likeness (QED) is 0.545. The van der Waals surface area contributed by atoms with Gasteiger partial charge in [0.25, 0.3) is 15.7 Å². The Labute approximate surface area is 173 Å². The molecule has 3 heterocycles. The molecular formula is C18H23N5O4S2. The number of nitro groups is 1. The third-order valence-electron chi connectivity index (χ3n) is 5.30. The first-order valence-corrected chi connectivity index (χ1v) is 11.7. The van der Waals surface area contributed by atoms with Gasteiger partial charge in [-0.25, -0.2) is 13.8 Å². The Morgan fingerprint density at radius 1 is 1.07 bits per heavy atom. The van der Waals surface area contributed by atoms with Gasteiger partial charge in [-0.05, 0) is 37.6 Å². The highest BCUT2D eigenvalue weighted by Gasteiger charge is 2.31. The van der Waals surface area contributed by atoms with Crippen LogP contribution in [0.3, 0.4) is 0 Å². The molecule has 2 aromatic rings. The van der Waals surface area contributed by atoms with E-state index in [9.17, 15) is 18.5 Å². The molecule has 2 saturated heterocycles. The van der Waals surface area contributed by atoms with Crippen molar-refractivity contribution in [2.75, 3.05) is 31.1 Å². The van der Waals surface area contributed by atoms with Gasteiger partial charge in [0.2, 0.25) is 0 Å². The molecule has 29 heavy (non-hydrogen) atoms. The van der Waals surface area contributed by atoms with Crippen molar-refractivity contribution < 1.29 is 13.3 Å². The fourth-order valence-corrected chi connectivity index (χ4v) is 6.63. The molecule has 0 aliphatic carbocycles. The average molecular weight is 438 g/mol. The number of hydrogen-bond donors (Lipinski definition) is 2. The summed E-state index contributed by atoms with van der Waals surface area (Å²) >= 11 is 1.32. The first-order valence-electron chi connectivity index (χ1n) is 9.45. The molecule has 156 valence electrons. The van der Waals surface area contributed by atoms with Gasteiger partial charge in [0.05, 0.1) is 11.0 Å². The molecule has 2 aliphatic rings. The molecule has 0 spiro atoms. The molecule has 0 amide bonds. The predicted molar refractivity (Wildman–Crippen MR) is 111 cm³/mol. The molecule has 0 bridgehead atoms. The summed E-state index contributed by atoms with van der Waals surface area (Å²) in [5.41, 5.74) is 7.28. The summed E-state index contributed by atoms with van der Waals surface area (Å²) in [6.07, 6.45) is 0.925. The fourth-order valence-electron chi connectivity index (χ4n) is 3.66. The minimum absolute atomic E-state index is 0.0461. The lowest BCUT2D eigenvalue weighted by Gasteiger charge is -2.35. The number of anilines is 1. The number of rotatable bonds is 5. The van der Waals surface area contributed by atoms with Gasteiger partial charge in [0.15, 0.2) is 0 Å². The van der Waals surface area contributed by atoms with Crippen LogP contribution in [0.1, 0.15) is 24.3 Å². The first-order chi connectivity index (χ1) is 13.8. The minimum atomic E-state index is -3.52. The third-order valence-corrected chi connectivity index (χ3v) is 8.86. The number of sulfonamides is 1. The maximum atomic E-state index is 13.0. The van der Waals surface area contributed by atoms with E-state index in [1.54, 1.807) is 18.2 Å². The van der Waals surface area contributed by atoms with E-state index in [1.807, 2.05) is 11.0 Å². The predicted octanol–water partition coefficient (Wildman–Crippen LogP) is 2.09. The van der Waals surface area contributed by atoms with Crippen LogP contribution in [0.15, 0.2) is 40.6 Å². The second kappa shape index (κ2) is 8.00. The molecule has 0 saturated carbocycles. The molecule has 2 atom stereocenters. The molecule has 1 aromatic carbocycles. The Bertz CT molecular complexity index is 984. The number of thiophene rings is 1. The molecular weight excluding hydrogens is 414 g/mol. The molecule has 9 nitrogen and oxygen atoms in total. The number of nitrogens with zero attached hydrogens (tertiary/aromatic N) is 3. The molecule has 0 radical (unpaired) electrons. The van der Waals surface area contributed by atoms with Crippen molar-refractivity contribution >= 4 is 32.7 Å². The summed E-state index contributed by atoms with van der Waals surface area (Å²) in [4.78, 5) is 13.4. The lowest BCUT2D eigenvalue weighted by atomic mass is 10.1. The number of nitro benzene ring substituents is 1. The molecule has 2 fully saturated rings. The Morgan fingerprint density at radius 3 is 2.34 bits per heavy atom. The fraction of sp³-hybridized carbons (Fsp3) is 0.444. The van der Waals surface area contributed by atoms with Crippen LogP contribution >= 0.6 is 11.3 Å². The van der Waals surface area contributed by atoms with Gasteiger partial charge < -0.3 is 4.90 Å². The van der Waals surface area contributed by atoms with E-state index in [0.29, 0.717) is 36.4 Å². The number of benzene rings is 1. The number of piperazine rings is 1. The largest absolute Gasteiger partial charge is 0.369 e. The monoisotopic (exact) mass is 437 g/mol. The molecule has 2 N–H and O–H groups in total. The van der Waals surface area contributed by atoms with Crippen molar-refractivity contribution in [1.29, 1.82) is 0 Å². The van der Waals surface area contributed by atoms with Gasteiger partial charge in [0, 0.05) is 54.9 Å². The van der Waals surface area contributed by atoms with E-state index in [2.05, 4.69) is 17.8 Å². The average Bonchev–Trinajstić information content (AvgIpc) is 3.37. The van der Waals surface area contributed by atoms with Crippen molar-refractivity contribution in [3.63, 3.8) is 0 Å². The van der Waals surface area contributed by atoms with Crippen molar-refractivity contribution in [2.45, 2.75) is 29.6 Å². The highest BCUT2D eigenvalue weighted by atomic mass is 32.2. The van der Waals surface area contributed by atoms with E-state index in [1.165, 1.54) is 27.8 Å². The lowest BCUT2D eigenvalue weighted by Crippen LogP contribution is -2.48. The number of nitrogens with one attached hydrogen (secondary N) is 2. The van der Waals surface area contributed by atoms with Crippen molar-refractivity contribution in [3.05, 3.63) is 51.4 Å². The molecule has 4 rings (SSSR count). The molecule has 1 aromatic heterocycles. The van der Waals surface area contributed by atoms with Crippen LogP contribution in [-0.2, 0) is 10.0 Å². The Hall–Kier alpha value is -2.05. The van der Waals surface area contributed by atoms with E-state index < -0.39 is 14.9 Å². The highest BCUT2D eigenvalue weighted by molar-refractivity contribution is 7.91. The van der Waals surface area contributed by atoms with Crippen LogP contribution in [-0.4, -0.2) is 49.9 Å². The maximum absolute atomic E-state index is 13.0. The van der Waals surface area contributed by atoms with Crippen LogP contribution in [0.5, 0.6) is 0 Å². The normalized spacial score (nSPS) is 23.4. The summed E-state index contributed by atoms with van der Waals surface area (Å²) in [6.45, 7) is 3.93. The highest BCUT2D eigenvalue weighted by Crippen LogP contribution is 2.33. The number of hydrazine groups is 1. The lowest BCUT2D eigenvalue weighted by molar-refractivity contribution is -0.384. The summed E-state index contributed by atoms with van der Waals surface area (Å²) in [6, 6.07) is 10.4. The van der Waals surface area contributed by atoms with Gasteiger partial charge in [-0.2, -0.15) is 4.31 Å². The zero-order valence-electron chi connectivity index (χ0n) is 15.9. The summed E-state index contributed by atoms with van der Waals surface area (Å²) < 4.78 is 28.0. The van der Waals surface area contributed by atoms with E-state index in [-0.39, 0.29) is 11.7 Å². The van der Waals surface area contributed by atoms with E-state index in [0.717, 1.165) is 17.0 Å². The van der Waals surface area contributed by atoms with Gasteiger partial charge >= 0.3 is 0 Å². The zero-order valence-corrected chi connectivity index (χ0v) is 17.6. The second-order valence-corrected chi connectivity index (χ2v) is 10.6. The SMILES string of the molecule is CC1CC(c2ccc(S(=O)(=O)N3CCN(c4ccc([N+](=O)[O-])cc4)CC3)s2)NN1.